The molecule has 0 aliphatic heterocycles. The van der Waals surface area contributed by atoms with E-state index < -0.39 is 5.97 Å². The van der Waals surface area contributed by atoms with Crippen molar-refractivity contribution in [2.24, 2.45) is 10.2 Å². The molecule has 23 heavy (non-hydrogen) atoms. The topological polar surface area (TPSA) is 51.0 Å². The maximum absolute atomic E-state index is 11.4. The van der Waals surface area contributed by atoms with Gasteiger partial charge in [-0.05, 0) is 24.3 Å². The zero-order valence-electron chi connectivity index (χ0n) is 12.3. The molecule has 3 rings (SSSR count). The molecule has 0 aliphatic rings. The van der Waals surface area contributed by atoms with Crippen molar-refractivity contribution in [3.63, 3.8) is 0 Å². The van der Waals surface area contributed by atoms with Crippen molar-refractivity contribution in [2.75, 3.05) is 0 Å². The van der Waals surface area contributed by atoms with Gasteiger partial charge >= 0.3 is 5.97 Å². The summed E-state index contributed by atoms with van der Waals surface area (Å²) in [6.45, 7) is 3.41. The monoisotopic (exact) mass is 302 g/mol. The van der Waals surface area contributed by atoms with E-state index in [4.69, 9.17) is 4.74 Å². The van der Waals surface area contributed by atoms with Gasteiger partial charge in [-0.25, -0.2) is 4.79 Å². The molecule has 4 nitrogen and oxygen atoms in total. The molecular weight excluding hydrogens is 288 g/mol. The second kappa shape index (κ2) is 6.66. The Kier molecular flexibility index (Phi) is 4.25. The molecule has 0 heterocycles. The van der Waals surface area contributed by atoms with Crippen LogP contribution in [0.2, 0.25) is 0 Å². The lowest BCUT2D eigenvalue weighted by Crippen LogP contribution is -2.03. The summed E-state index contributed by atoms with van der Waals surface area (Å²) in [4.78, 5) is 11.4. The molecule has 3 aromatic carbocycles. The Bertz CT molecular complexity index is 886. The third-order valence-corrected chi connectivity index (χ3v) is 3.27. The fraction of sp³-hybridized carbons (Fsp3) is 0. The molecule has 0 unspecified atom stereocenters. The Morgan fingerprint density at radius 1 is 0.870 bits per heavy atom. The Morgan fingerprint density at radius 3 is 2.30 bits per heavy atom. The zero-order valence-corrected chi connectivity index (χ0v) is 12.3. The van der Waals surface area contributed by atoms with Gasteiger partial charge in [0.05, 0.1) is 11.4 Å². The van der Waals surface area contributed by atoms with Crippen molar-refractivity contribution >= 4 is 28.1 Å². The maximum atomic E-state index is 11.4. The number of benzene rings is 3. The van der Waals surface area contributed by atoms with E-state index in [1.54, 1.807) is 12.1 Å². The van der Waals surface area contributed by atoms with Crippen molar-refractivity contribution < 1.29 is 9.53 Å². The first-order valence-corrected chi connectivity index (χ1v) is 7.11. The predicted octanol–water partition coefficient (Wildman–Crippen LogP) is 5.35. The Labute approximate surface area is 133 Å². The summed E-state index contributed by atoms with van der Waals surface area (Å²) in [5.41, 5.74) is 1.49. The van der Waals surface area contributed by atoms with E-state index in [0.29, 0.717) is 11.4 Å². The van der Waals surface area contributed by atoms with Crippen LogP contribution in [-0.2, 0) is 4.79 Å². The van der Waals surface area contributed by atoms with Gasteiger partial charge in [-0.3, -0.25) is 0 Å². The van der Waals surface area contributed by atoms with Crippen LogP contribution in [0.5, 0.6) is 5.75 Å². The van der Waals surface area contributed by atoms with E-state index in [-0.39, 0.29) is 0 Å². The molecule has 0 amide bonds. The van der Waals surface area contributed by atoms with Crippen LogP contribution in [0.1, 0.15) is 0 Å². The summed E-state index contributed by atoms with van der Waals surface area (Å²) in [6, 6.07) is 20.6. The second-order valence-corrected chi connectivity index (χ2v) is 4.79. The number of hydrogen-bond donors (Lipinski definition) is 0. The van der Waals surface area contributed by atoms with Crippen LogP contribution in [0, 0.1) is 0 Å². The highest BCUT2D eigenvalue weighted by Crippen LogP contribution is 2.34. The highest BCUT2D eigenvalue weighted by atomic mass is 16.5. The number of ether oxygens (including phenoxy) is 1. The van der Waals surface area contributed by atoms with Crippen LogP contribution in [0.15, 0.2) is 89.6 Å². The smallest absolute Gasteiger partial charge is 0.335 e. The first kappa shape index (κ1) is 14.7. The molecule has 0 saturated heterocycles. The summed E-state index contributed by atoms with van der Waals surface area (Å²) >= 11 is 0. The average Bonchev–Trinajstić information content (AvgIpc) is 2.62. The van der Waals surface area contributed by atoms with Gasteiger partial charge in [0.15, 0.2) is 0 Å². The van der Waals surface area contributed by atoms with Gasteiger partial charge in [-0.2, -0.15) is 5.11 Å². The van der Waals surface area contributed by atoms with E-state index in [9.17, 15) is 4.79 Å². The van der Waals surface area contributed by atoms with Gasteiger partial charge in [0.1, 0.15) is 5.75 Å². The number of esters is 1. The number of carbonyl (C=O) groups excluding carboxylic acids is 1. The van der Waals surface area contributed by atoms with Gasteiger partial charge in [-0.15, -0.1) is 5.11 Å². The number of fused-ring (bicyclic) bond motifs is 1. The third-order valence-electron chi connectivity index (χ3n) is 3.27. The molecule has 0 aliphatic carbocycles. The van der Waals surface area contributed by atoms with Crippen molar-refractivity contribution in [3.05, 3.63) is 79.4 Å². The number of rotatable bonds is 4. The van der Waals surface area contributed by atoms with Gasteiger partial charge in [0, 0.05) is 16.8 Å². The Morgan fingerprint density at radius 2 is 1.57 bits per heavy atom. The summed E-state index contributed by atoms with van der Waals surface area (Å²) in [5, 5.41) is 10.2. The fourth-order valence-corrected chi connectivity index (χ4v) is 2.19. The molecule has 0 spiro atoms. The molecule has 0 bridgehead atoms. The predicted molar refractivity (Wildman–Crippen MR) is 90.4 cm³/mol. The van der Waals surface area contributed by atoms with Crippen LogP contribution in [0.4, 0.5) is 11.4 Å². The molecule has 0 aromatic heterocycles. The highest BCUT2D eigenvalue weighted by molar-refractivity contribution is 5.98. The van der Waals surface area contributed by atoms with Crippen LogP contribution in [0.3, 0.4) is 0 Å². The minimum Gasteiger partial charge on any atom is -0.423 e. The Hall–Kier alpha value is -3.27. The van der Waals surface area contributed by atoms with Crippen molar-refractivity contribution in [1.29, 1.82) is 0 Å². The number of hydrogen-bond acceptors (Lipinski definition) is 4. The third kappa shape index (κ3) is 3.32. The van der Waals surface area contributed by atoms with Gasteiger partial charge in [0.2, 0.25) is 0 Å². The minimum absolute atomic E-state index is 0.476. The summed E-state index contributed by atoms with van der Waals surface area (Å²) in [5.74, 6) is -0.0158. The molecule has 0 radical (unpaired) electrons. The molecule has 112 valence electrons. The van der Waals surface area contributed by atoms with E-state index >= 15 is 0 Å². The quantitative estimate of drug-likeness (QED) is 0.282. The number of nitrogens with zero attached hydrogens (tertiary/aromatic N) is 2. The van der Waals surface area contributed by atoms with Gasteiger partial charge < -0.3 is 4.74 Å². The number of carbonyl (C=O) groups is 1. The van der Waals surface area contributed by atoms with E-state index in [1.165, 1.54) is 0 Å². The minimum atomic E-state index is -0.492. The molecule has 0 N–H and O–H groups in total. The molecule has 0 saturated carbocycles. The molecule has 0 fully saturated rings. The maximum Gasteiger partial charge on any atom is 0.335 e. The van der Waals surface area contributed by atoms with E-state index in [1.807, 2.05) is 54.6 Å². The average molecular weight is 302 g/mol. The van der Waals surface area contributed by atoms with E-state index in [0.717, 1.165) is 22.5 Å². The summed E-state index contributed by atoms with van der Waals surface area (Å²) in [7, 11) is 0. The lowest BCUT2D eigenvalue weighted by Gasteiger charge is -2.07. The fourth-order valence-electron chi connectivity index (χ4n) is 2.19. The van der Waals surface area contributed by atoms with Crippen LogP contribution >= 0.6 is 0 Å². The molecule has 3 aromatic rings. The Balaban J connectivity index is 2.02. The zero-order chi connectivity index (χ0) is 16.1. The molecule has 4 heteroatoms. The SMILES string of the molecule is C=CC(=O)Oc1ccc(N=Nc2ccccc2)c2ccccc12. The van der Waals surface area contributed by atoms with Crippen molar-refractivity contribution in [1.82, 2.24) is 0 Å². The lowest BCUT2D eigenvalue weighted by atomic mass is 10.1. The van der Waals surface area contributed by atoms with Crippen molar-refractivity contribution in [3.8, 4) is 5.75 Å². The number of azo groups is 1. The van der Waals surface area contributed by atoms with Gasteiger partial charge in [-0.1, -0.05) is 49.0 Å². The summed E-state index contributed by atoms with van der Waals surface area (Å²) < 4.78 is 5.27. The first-order valence-electron chi connectivity index (χ1n) is 7.11. The van der Waals surface area contributed by atoms with Gasteiger partial charge in [0.25, 0.3) is 0 Å². The standard InChI is InChI=1S/C19H14N2O2/c1-2-19(22)23-18-13-12-17(15-10-6-7-11-16(15)18)21-20-14-8-4-3-5-9-14/h2-13H,1H2. The van der Waals surface area contributed by atoms with Crippen LogP contribution in [-0.4, -0.2) is 5.97 Å². The van der Waals surface area contributed by atoms with Crippen LogP contribution < -0.4 is 4.74 Å². The largest absolute Gasteiger partial charge is 0.423 e. The normalized spacial score (nSPS) is 10.8. The first-order chi connectivity index (χ1) is 11.3. The van der Waals surface area contributed by atoms with E-state index in [2.05, 4.69) is 16.8 Å². The molecular formula is C19H14N2O2. The highest BCUT2D eigenvalue weighted by Gasteiger charge is 2.08. The molecule has 0 atom stereocenters. The van der Waals surface area contributed by atoms with Crippen LogP contribution in [0.25, 0.3) is 10.8 Å². The van der Waals surface area contributed by atoms with Crippen molar-refractivity contribution in [2.45, 2.75) is 0 Å². The summed E-state index contributed by atoms with van der Waals surface area (Å²) in [6.07, 6.45) is 1.14. The second-order valence-electron chi connectivity index (χ2n) is 4.79. The lowest BCUT2D eigenvalue weighted by molar-refractivity contribution is -0.128.